The summed E-state index contributed by atoms with van der Waals surface area (Å²) in [4.78, 5) is 16.4. The molecule has 3 aromatic rings. The van der Waals surface area contributed by atoms with E-state index in [1.165, 1.54) is 11.1 Å². The van der Waals surface area contributed by atoms with Crippen LogP contribution in [0.5, 0.6) is 11.5 Å². The summed E-state index contributed by atoms with van der Waals surface area (Å²) < 4.78 is 10.8. The number of rotatable bonds is 7. The maximum absolute atomic E-state index is 12.3. The summed E-state index contributed by atoms with van der Waals surface area (Å²) in [5.74, 6) is 1.16. The van der Waals surface area contributed by atoms with Crippen molar-refractivity contribution in [2.24, 2.45) is 0 Å². The number of carbonyl (C=O) groups excluding carboxylic acids is 1. The number of carbonyl (C=O) groups is 1. The average molecular weight is 362 g/mol. The van der Waals surface area contributed by atoms with E-state index in [-0.39, 0.29) is 5.91 Å². The molecular formula is C22H22N2O3. The van der Waals surface area contributed by atoms with Crippen molar-refractivity contribution in [3.05, 3.63) is 84.2 Å². The predicted molar refractivity (Wildman–Crippen MR) is 105 cm³/mol. The molecule has 1 N–H and O–H groups in total. The maximum atomic E-state index is 12.3. The highest BCUT2D eigenvalue weighted by Gasteiger charge is 2.15. The molecule has 1 atom stereocenters. The molecule has 0 fully saturated rings. The molecule has 0 aliphatic carbocycles. The molecule has 0 saturated heterocycles. The summed E-state index contributed by atoms with van der Waals surface area (Å²) in [5.41, 5.74) is 3.11. The molecule has 2 aromatic carbocycles. The van der Waals surface area contributed by atoms with Crippen LogP contribution in [0, 0.1) is 0 Å². The molecule has 0 aliphatic rings. The number of nitrogens with zero attached hydrogens (tertiary/aromatic N) is 1. The summed E-state index contributed by atoms with van der Waals surface area (Å²) in [6.45, 7) is 1.72. The van der Waals surface area contributed by atoms with Crippen LogP contribution in [0.2, 0.25) is 0 Å². The van der Waals surface area contributed by atoms with E-state index >= 15 is 0 Å². The third kappa shape index (κ3) is 5.31. The van der Waals surface area contributed by atoms with Crippen molar-refractivity contribution in [2.45, 2.75) is 19.4 Å². The normalized spacial score (nSPS) is 11.5. The number of anilines is 1. The van der Waals surface area contributed by atoms with Gasteiger partial charge in [-0.25, -0.2) is 0 Å². The van der Waals surface area contributed by atoms with Gasteiger partial charge in [0.25, 0.3) is 5.91 Å². The van der Waals surface area contributed by atoms with Crippen LogP contribution in [0.3, 0.4) is 0 Å². The van der Waals surface area contributed by atoms with Crippen molar-refractivity contribution >= 4 is 11.6 Å². The van der Waals surface area contributed by atoms with Gasteiger partial charge >= 0.3 is 0 Å². The zero-order valence-electron chi connectivity index (χ0n) is 15.4. The maximum Gasteiger partial charge on any atom is 0.265 e. The highest BCUT2D eigenvalue weighted by Crippen LogP contribution is 2.19. The summed E-state index contributed by atoms with van der Waals surface area (Å²) in [6, 6.07) is 18.9. The standard InChI is InChI=1S/C22H22N2O3/c1-16(27-21-9-7-20(26-2)8-10-21)22(25)24-19-5-3-17(4-6-19)15-18-11-13-23-14-12-18/h3-14,16H,15H2,1-2H3,(H,24,25)/t16-/m0/s1. The van der Waals surface area contributed by atoms with Gasteiger partial charge in [-0.1, -0.05) is 12.1 Å². The Kier molecular flexibility index (Phi) is 6.05. The minimum atomic E-state index is -0.616. The van der Waals surface area contributed by atoms with E-state index in [1.54, 1.807) is 50.7 Å². The molecule has 138 valence electrons. The largest absolute Gasteiger partial charge is 0.497 e. The van der Waals surface area contributed by atoms with Gasteiger partial charge in [0.15, 0.2) is 6.10 Å². The first-order chi connectivity index (χ1) is 13.1. The predicted octanol–water partition coefficient (Wildman–Crippen LogP) is 4.09. The van der Waals surface area contributed by atoms with Crippen molar-refractivity contribution in [1.82, 2.24) is 4.98 Å². The Balaban J connectivity index is 1.54. The zero-order valence-corrected chi connectivity index (χ0v) is 15.4. The lowest BCUT2D eigenvalue weighted by atomic mass is 10.1. The Bertz CT molecular complexity index is 862. The van der Waals surface area contributed by atoms with Crippen LogP contribution >= 0.6 is 0 Å². The molecule has 5 heteroatoms. The van der Waals surface area contributed by atoms with E-state index < -0.39 is 6.10 Å². The number of aromatic nitrogens is 1. The van der Waals surface area contributed by atoms with Gasteiger partial charge in [0.2, 0.25) is 0 Å². The number of nitrogens with one attached hydrogen (secondary N) is 1. The fraction of sp³-hybridized carbons (Fsp3) is 0.182. The molecule has 0 bridgehead atoms. The van der Waals surface area contributed by atoms with Crippen molar-refractivity contribution in [3.63, 3.8) is 0 Å². The van der Waals surface area contributed by atoms with Gasteiger partial charge < -0.3 is 14.8 Å². The minimum Gasteiger partial charge on any atom is -0.497 e. The topological polar surface area (TPSA) is 60.5 Å². The second-order valence-electron chi connectivity index (χ2n) is 6.15. The molecule has 0 saturated carbocycles. The number of hydrogen-bond donors (Lipinski definition) is 1. The molecule has 0 spiro atoms. The molecule has 1 heterocycles. The fourth-order valence-electron chi connectivity index (χ4n) is 2.60. The monoisotopic (exact) mass is 362 g/mol. The quantitative estimate of drug-likeness (QED) is 0.688. The Morgan fingerprint density at radius 2 is 1.52 bits per heavy atom. The van der Waals surface area contributed by atoms with Crippen LogP contribution in [-0.2, 0) is 11.2 Å². The molecule has 1 amide bonds. The molecule has 5 nitrogen and oxygen atoms in total. The van der Waals surface area contributed by atoms with E-state index in [1.807, 2.05) is 36.4 Å². The zero-order chi connectivity index (χ0) is 19.1. The van der Waals surface area contributed by atoms with E-state index in [2.05, 4.69) is 10.3 Å². The first-order valence-electron chi connectivity index (χ1n) is 8.73. The lowest BCUT2D eigenvalue weighted by Gasteiger charge is -2.15. The van der Waals surface area contributed by atoms with Crippen LogP contribution in [-0.4, -0.2) is 24.1 Å². The van der Waals surface area contributed by atoms with Crippen molar-refractivity contribution in [2.75, 3.05) is 12.4 Å². The van der Waals surface area contributed by atoms with Crippen LogP contribution in [0.1, 0.15) is 18.1 Å². The molecule has 0 radical (unpaired) electrons. The van der Waals surface area contributed by atoms with Crippen LogP contribution in [0.4, 0.5) is 5.69 Å². The highest BCUT2D eigenvalue weighted by atomic mass is 16.5. The van der Waals surface area contributed by atoms with E-state index in [4.69, 9.17) is 9.47 Å². The Morgan fingerprint density at radius 3 is 2.15 bits per heavy atom. The lowest BCUT2D eigenvalue weighted by molar-refractivity contribution is -0.122. The second-order valence-corrected chi connectivity index (χ2v) is 6.15. The minimum absolute atomic E-state index is 0.201. The highest BCUT2D eigenvalue weighted by molar-refractivity contribution is 5.94. The Hall–Kier alpha value is -3.34. The summed E-state index contributed by atoms with van der Waals surface area (Å²) in [6.07, 6.45) is 3.78. The third-order valence-corrected chi connectivity index (χ3v) is 4.12. The fourth-order valence-corrected chi connectivity index (χ4v) is 2.60. The van der Waals surface area contributed by atoms with Crippen LogP contribution in [0.15, 0.2) is 73.1 Å². The molecule has 27 heavy (non-hydrogen) atoms. The molecule has 3 rings (SSSR count). The van der Waals surface area contributed by atoms with Gasteiger partial charge in [-0.15, -0.1) is 0 Å². The SMILES string of the molecule is COc1ccc(O[C@@H](C)C(=O)Nc2ccc(Cc3ccncc3)cc2)cc1. The van der Waals surface area contributed by atoms with Gasteiger partial charge in [-0.05, 0) is 73.0 Å². The van der Waals surface area contributed by atoms with Crippen LogP contribution < -0.4 is 14.8 Å². The lowest BCUT2D eigenvalue weighted by Crippen LogP contribution is -2.30. The number of amides is 1. The van der Waals surface area contributed by atoms with E-state index in [9.17, 15) is 4.79 Å². The summed E-state index contributed by atoms with van der Waals surface area (Å²) in [7, 11) is 1.61. The van der Waals surface area contributed by atoms with Gasteiger partial charge in [0.05, 0.1) is 7.11 Å². The number of benzene rings is 2. The smallest absolute Gasteiger partial charge is 0.265 e. The molecule has 0 aliphatic heterocycles. The van der Waals surface area contributed by atoms with Crippen molar-refractivity contribution < 1.29 is 14.3 Å². The third-order valence-electron chi connectivity index (χ3n) is 4.12. The van der Waals surface area contributed by atoms with Gasteiger partial charge in [0, 0.05) is 18.1 Å². The Morgan fingerprint density at radius 1 is 0.926 bits per heavy atom. The van der Waals surface area contributed by atoms with Gasteiger partial charge in [-0.3, -0.25) is 9.78 Å². The molecule has 0 unspecified atom stereocenters. The van der Waals surface area contributed by atoms with E-state index in [0.29, 0.717) is 5.75 Å². The number of hydrogen-bond acceptors (Lipinski definition) is 4. The average Bonchev–Trinajstić information content (AvgIpc) is 2.71. The molecular weight excluding hydrogens is 340 g/mol. The number of ether oxygens (including phenoxy) is 2. The van der Waals surface area contributed by atoms with Crippen molar-refractivity contribution in [1.29, 1.82) is 0 Å². The number of methoxy groups -OCH3 is 1. The second kappa shape index (κ2) is 8.85. The first-order valence-corrected chi connectivity index (χ1v) is 8.73. The summed E-state index contributed by atoms with van der Waals surface area (Å²) in [5, 5.41) is 2.88. The van der Waals surface area contributed by atoms with Gasteiger partial charge in [0.1, 0.15) is 11.5 Å². The number of pyridine rings is 1. The van der Waals surface area contributed by atoms with Crippen molar-refractivity contribution in [3.8, 4) is 11.5 Å². The van der Waals surface area contributed by atoms with Crippen LogP contribution in [0.25, 0.3) is 0 Å². The van der Waals surface area contributed by atoms with E-state index in [0.717, 1.165) is 17.9 Å². The van der Waals surface area contributed by atoms with Gasteiger partial charge in [-0.2, -0.15) is 0 Å². The first kappa shape index (κ1) is 18.5. The Labute approximate surface area is 159 Å². The summed E-state index contributed by atoms with van der Waals surface area (Å²) >= 11 is 0. The molecule has 1 aromatic heterocycles.